The summed E-state index contributed by atoms with van der Waals surface area (Å²) in [5, 5.41) is 15.7. The minimum atomic E-state index is -0.342. The Morgan fingerprint density at radius 2 is 1.91 bits per heavy atom. The molecule has 130 valence electrons. The maximum absolute atomic E-state index is 11.9. The first-order chi connectivity index (χ1) is 10.4. The van der Waals surface area contributed by atoms with E-state index in [-0.39, 0.29) is 35.8 Å². The maximum atomic E-state index is 11.9. The number of carbonyl (C=O) groups excluding carboxylic acids is 1. The molecule has 0 saturated carbocycles. The third-order valence-corrected chi connectivity index (χ3v) is 4.33. The molecule has 3 N–H and O–H groups in total. The molecule has 1 amide bonds. The van der Waals surface area contributed by atoms with Gasteiger partial charge in [-0.15, -0.1) is 12.4 Å². The second-order valence-electron chi connectivity index (χ2n) is 7.24. The van der Waals surface area contributed by atoms with E-state index in [4.69, 9.17) is 0 Å². The first-order valence-electron chi connectivity index (χ1n) is 8.11. The van der Waals surface area contributed by atoms with E-state index in [2.05, 4.69) is 55.7 Å². The summed E-state index contributed by atoms with van der Waals surface area (Å²) in [7, 11) is 0. The van der Waals surface area contributed by atoms with Crippen LogP contribution in [0.25, 0.3) is 0 Å². The molecule has 1 aromatic carbocycles. The average Bonchev–Trinajstić information content (AvgIpc) is 2.88. The van der Waals surface area contributed by atoms with Crippen LogP contribution in [0, 0.1) is 5.92 Å². The molecule has 1 heterocycles. The fourth-order valence-electron chi connectivity index (χ4n) is 2.69. The van der Waals surface area contributed by atoms with Gasteiger partial charge in [0.05, 0.1) is 6.10 Å². The predicted octanol–water partition coefficient (Wildman–Crippen LogP) is 2.03. The van der Waals surface area contributed by atoms with Gasteiger partial charge in [0.25, 0.3) is 0 Å². The zero-order valence-corrected chi connectivity index (χ0v) is 15.1. The van der Waals surface area contributed by atoms with E-state index in [0.29, 0.717) is 19.5 Å². The molecule has 1 saturated heterocycles. The van der Waals surface area contributed by atoms with Gasteiger partial charge in [-0.3, -0.25) is 4.79 Å². The summed E-state index contributed by atoms with van der Waals surface area (Å²) in [6, 6.07) is 8.51. The summed E-state index contributed by atoms with van der Waals surface area (Å²) < 4.78 is 0. The molecule has 1 fully saturated rings. The van der Waals surface area contributed by atoms with Gasteiger partial charge in [0.2, 0.25) is 5.91 Å². The Morgan fingerprint density at radius 1 is 1.26 bits per heavy atom. The molecular weight excluding hydrogens is 312 g/mol. The Kier molecular flexibility index (Phi) is 7.52. The molecule has 1 aliphatic rings. The number of halogens is 1. The van der Waals surface area contributed by atoms with Crippen LogP contribution in [-0.4, -0.2) is 36.8 Å². The smallest absolute Gasteiger partial charge is 0.220 e. The summed E-state index contributed by atoms with van der Waals surface area (Å²) in [5.74, 6) is 0.189. The summed E-state index contributed by atoms with van der Waals surface area (Å²) in [5.41, 5.74) is 2.65. The van der Waals surface area contributed by atoms with Crippen molar-refractivity contribution in [3.63, 3.8) is 0 Å². The number of hydrogen-bond acceptors (Lipinski definition) is 3. The van der Waals surface area contributed by atoms with Crippen molar-refractivity contribution in [1.82, 2.24) is 10.6 Å². The molecule has 0 bridgehead atoms. The third kappa shape index (κ3) is 6.13. The second-order valence-corrected chi connectivity index (χ2v) is 7.24. The van der Waals surface area contributed by atoms with Crippen LogP contribution < -0.4 is 10.6 Å². The molecule has 2 rings (SSSR count). The van der Waals surface area contributed by atoms with Crippen molar-refractivity contribution in [1.29, 1.82) is 0 Å². The van der Waals surface area contributed by atoms with Crippen LogP contribution in [0.3, 0.4) is 0 Å². The monoisotopic (exact) mass is 340 g/mol. The van der Waals surface area contributed by atoms with Crippen LogP contribution in [-0.2, 0) is 16.6 Å². The van der Waals surface area contributed by atoms with Crippen molar-refractivity contribution in [3.8, 4) is 0 Å². The fourth-order valence-corrected chi connectivity index (χ4v) is 2.69. The number of carbonyl (C=O) groups is 1. The normalized spacial score (nSPS) is 20.9. The summed E-state index contributed by atoms with van der Waals surface area (Å²) in [6.45, 7) is 8.54. The van der Waals surface area contributed by atoms with Crippen LogP contribution in [0.1, 0.15) is 38.3 Å². The summed E-state index contributed by atoms with van der Waals surface area (Å²) in [6.07, 6.45) is 0.901. The molecule has 2 atom stereocenters. The lowest BCUT2D eigenvalue weighted by Crippen LogP contribution is -2.34. The van der Waals surface area contributed by atoms with E-state index >= 15 is 0 Å². The Balaban J connectivity index is 0.00000264. The second kappa shape index (κ2) is 8.67. The molecule has 0 radical (unpaired) electrons. The quantitative estimate of drug-likeness (QED) is 0.768. The van der Waals surface area contributed by atoms with Crippen molar-refractivity contribution in [2.75, 3.05) is 19.6 Å². The average molecular weight is 341 g/mol. The number of rotatable bonds is 5. The number of aryl methyl sites for hydroxylation is 1. The van der Waals surface area contributed by atoms with E-state index in [1.165, 1.54) is 11.1 Å². The molecule has 0 spiro atoms. The Morgan fingerprint density at radius 3 is 2.43 bits per heavy atom. The number of amides is 1. The molecule has 1 aromatic rings. The first-order valence-corrected chi connectivity index (χ1v) is 8.11. The van der Waals surface area contributed by atoms with Crippen molar-refractivity contribution in [3.05, 3.63) is 35.4 Å². The number of benzene rings is 1. The van der Waals surface area contributed by atoms with E-state index in [1.54, 1.807) is 0 Å². The van der Waals surface area contributed by atoms with Gasteiger partial charge >= 0.3 is 0 Å². The van der Waals surface area contributed by atoms with E-state index in [1.807, 2.05) is 0 Å². The van der Waals surface area contributed by atoms with Gasteiger partial charge in [-0.2, -0.15) is 0 Å². The van der Waals surface area contributed by atoms with Crippen LogP contribution in [0.5, 0.6) is 0 Å². The zero-order valence-electron chi connectivity index (χ0n) is 14.3. The minimum Gasteiger partial charge on any atom is -0.391 e. The van der Waals surface area contributed by atoms with Crippen molar-refractivity contribution >= 4 is 18.3 Å². The molecular formula is C18H29ClN2O2. The molecule has 5 heteroatoms. The van der Waals surface area contributed by atoms with Gasteiger partial charge in [-0.25, -0.2) is 0 Å². The van der Waals surface area contributed by atoms with Gasteiger partial charge in [-0.05, 0) is 23.0 Å². The lowest BCUT2D eigenvalue weighted by atomic mass is 9.86. The molecule has 4 nitrogen and oxygen atoms in total. The highest BCUT2D eigenvalue weighted by Crippen LogP contribution is 2.22. The Bertz CT molecular complexity index is 497. The van der Waals surface area contributed by atoms with Crippen LogP contribution in [0.2, 0.25) is 0 Å². The van der Waals surface area contributed by atoms with Crippen molar-refractivity contribution in [2.45, 2.75) is 45.1 Å². The lowest BCUT2D eigenvalue weighted by molar-refractivity contribution is -0.121. The number of hydrogen-bond donors (Lipinski definition) is 3. The molecule has 0 aliphatic carbocycles. The third-order valence-electron chi connectivity index (χ3n) is 4.33. The molecule has 1 aliphatic heterocycles. The molecule has 2 unspecified atom stereocenters. The summed E-state index contributed by atoms with van der Waals surface area (Å²) in [4.78, 5) is 11.9. The molecule has 0 aromatic heterocycles. The maximum Gasteiger partial charge on any atom is 0.220 e. The first kappa shape index (κ1) is 19.9. The number of nitrogens with one attached hydrogen (secondary N) is 2. The van der Waals surface area contributed by atoms with Crippen LogP contribution >= 0.6 is 12.4 Å². The van der Waals surface area contributed by atoms with E-state index in [9.17, 15) is 9.90 Å². The minimum absolute atomic E-state index is 0. The highest BCUT2D eigenvalue weighted by atomic mass is 35.5. The highest BCUT2D eigenvalue weighted by Gasteiger charge is 2.24. The van der Waals surface area contributed by atoms with Crippen LogP contribution in [0.15, 0.2) is 24.3 Å². The molecule has 23 heavy (non-hydrogen) atoms. The van der Waals surface area contributed by atoms with E-state index < -0.39 is 0 Å². The lowest BCUT2D eigenvalue weighted by Gasteiger charge is -2.19. The van der Waals surface area contributed by atoms with Gasteiger partial charge in [0, 0.05) is 32.0 Å². The Hall–Kier alpha value is -1.10. The standard InChI is InChI=1S/C18H28N2O2.ClH/c1-18(2,3)15-7-4-13(5-8-15)6-9-17(22)20-11-14-10-19-12-16(14)21;/h4-5,7-8,14,16,19,21H,6,9-12H2,1-3H3,(H,20,22);1H. The van der Waals surface area contributed by atoms with Crippen molar-refractivity contribution < 1.29 is 9.90 Å². The SMILES string of the molecule is CC(C)(C)c1ccc(CCC(=O)NCC2CNCC2O)cc1.Cl. The fraction of sp³-hybridized carbons (Fsp3) is 0.611. The highest BCUT2D eigenvalue weighted by molar-refractivity contribution is 5.85. The van der Waals surface area contributed by atoms with Gasteiger partial charge in [-0.1, -0.05) is 45.0 Å². The van der Waals surface area contributed by atoms with E-state index in [0.717, 1.165) is 13.0 Å². The Labute approximate surface area is 145 Å². The largest absolute Gasteiger partial charge is 0.391 e. The van der Waals surface area contributed by atoms with Crippen LogP contribution in [0.4, 0.5) is 0 Å². The topological polar surface area (TPSA) is 61.4 Å². The predicted molar refractivity (Wildman–Crippen MR) is 96.1 cm³/mol. The van der Waals surface area contributed by atoms with Crippen molar-refractivity contribution in [2.24, 2.45) is 5.92 Å². The summed E-state index contributed by atoms with van der Waals surface area (Å²) >= 11 is 0. The van der Waals surface area contributed by atoms with Gasteiger partial charge < -0.3 is 15.7 Å². The zero-order chi connectivity index (χ0) is 16.2. The number of aliphatic hydroxyl groups excluding tert-OH is 1. The van der Waals surface area contributed by atoms with Gasteiger partial charge in [0.15, 0.2) is 0 Å². The number of aliphatic hydroxyl groups is 1. The number of β-amino-alcohol motifs (C(OH)–C–C–N with tert-alkyl or cyclic N) is 1. The van der Waals surface area contributed by atoms with Gasteiger partial charge in [0.1, 0.15) is 0 Å².